The lowest BCUT2D eigenvalue weighted by Crippen LogP contribution is -2.42. The van der Waals surface area contributed by atoms with Gasteiger partial charge in [-0.05, 0) is 17.7 Å². The van der Waals surface area contributed by atoms with Crippen molar-refractivity contribution in [2.24, 2.45) is 5.41 Å². The Morgan fingerprint density at radius 1 is 0.655 bits per heavy atom. The molecule has 2 aromatic carbocycles. The summed E-state index contributed by atoms with van der Waals surface area (Å²) in [6.45, 7) is -1.15. The van der Waals surface area contributed by atoms with E-state index in [1.165, 1.54) is 0 Å². The molecule has 164 valence electrons. The summed E-state index contributed by atoms with van der Waals surface area (Å²) in [5.74, 6) is 0.617. The fourth-order valence-corrected chi connectivity index (χ4v) is 2.21. The van der Waals surface area contributed by atoms with Crippen LogP contribution in [0.2, 0.25) is 0 Å². The van der Waals surface area contributed by atoms with Crippen molar-refractivity contribution in [2.75, 3.05) is 19.8 Å². The molecule has 9 N–H and O–H groups in total. The standard InChI is InChI=1S/C17H20O4.2H3O3P/c18-11-17(12-19,13-20)16(14-7-3-1-4-8-14)21-15-9-5-2-6-10-15;2*1-4(2)3/h1-10,16,18-20H,11-13H2;2*1-3H. The number of benzene rings is 2. The summed E-state index contributed by atoms with van der Waals surface area (Å²) in [6, 6.07) is 18.4. The average Bonchev–Trinajstić information content (AvgIpc) is 2.69. The topological polar surface area (TPSA) is 191 Å². The number of hydrogen-bond acceptors (Lipinski definition) is 10. The fraction of sp³-hybridized carbons (Fsp3) is 0.294. The summed E-state index contributed by atoms with van der Waals surface area (Å²) in [4.78, 5) is 43.4. The van der Waals surface area contributed by atoms with Gasteiger partial charge < -0.3 is 49.4 Å². The minimum Gasteiger partial charge on any atom is -0.485 e. The first-order valence-electron chi connectivity index (χ1n) is 8.05. The molecule has 0 aliphatic carbocycles. The van der Waals surface area contributed by atoms with Crippen LogP contribution in [-0.4, -0.2) is 64.5 Å². The maximum absolute atomic E-state index is 9.69. The molecule has 0 bridgehead atoms. The first-order valence-corrected chi connectivity index (χ1v) is 10.4. The minimum atomic E-state index is -2.62. The van der Waals surface area contributed by atoms with Crippen LogP contribution in [-0.2, 0) is 0 Å². The van der Waals surface area contributed by atoms with Crippen LogP contribution in [0.5, 0.6) is 5.75 Å². The van der Waals surface area contributed by atoms with Crippen LogP contribution >= 0.6 is 17.2 Å². The van der Waals surface area contributed by atoms with E-state index in [-0.39, 0.29) is 19.8 Å². The molecule has 0 amide bonds. The van der Waals surface area contributed by atoms with Gasteiger partial charge in [0, 0.05) is 0 Å². The van der Waals surface area contributed by atoms with Crippen molar-refractivity contribution in [3.63, 3.8) is 0 Å². The van der Waals surface area contributed by atoms with Gasteiger partial charge in [0.05, 0.1) is 25.2 Å². The summed E-state index contributed by atoms with van der Waals surface area (Å²) < 4.78 is 5.96. The Kier molecular flexibility index (Phi) is 14.9. The first kappa shape index (κ1) is 27.7. The van der Waals surface area contributed by atoms with E-state index in [1.54, 1.807) is 12.1 Å². The normalized spacial score (nSPS) is 11.8. The van der Waals surface area contributed by atoms with Gasteiger partial charge in [-0.25, -0.2) is 0 Å². The van der Waals surface area contributed by atoms with Gasteiger partial charge in [-0.15, -0.1) is 0 Å². The lowest BCUT2D eigenvalue weighted by Gasteiger charge is -2.36. The number of aliphatic hydroxyl groups excluding tert-OH is 3. The first-order chi connectivity index (χ1) is 13.7. The highest BCUT2D eigenvalue weighted by molar-refractivity contribution is 7.38. The summed E-state index contributed by atoms with van der Waals surface area (Å²) in [7, 11) is -5.24. The van der Waals surface area contributed by atoms with Gasteiger partial charge in [0.1, 0.15) is 11.9 Å². The van der Waals surface area contributed by atoms with E-state index in [9.17, 15) is 15.3 Å². The quantitative estimate of drug-likeness (QED) is 0.261. The molecule has 0 radical (unpaired) electrons. The Morgan fingerprint density at radius 2 is 1.00 bits per heavy atom. The zero-order chi connectivity index (χ0) is 22.3. The summed E-state index contributed by atoms with van der Waals surface area (Å²) in [5.41, 5.74) is -0.365. The van der Waals surface area contributed by atoms with Crippen molar-refractivity contribution in [1.29, 1.82) is 0 Å². The van der Waals surface area contributed by atoms with Gasteiger partial charge >= 0.3 is 17.2 Å². The van der Waals surface area contributed by atoms with E-state index in [0.717, 1.165) is 5.56 Å². The van der Waals surface area contributed by atoms with E-state index in [4.69, 9.17) is 34.1 Å². The van der Waals surface area contributed by atoms with Crippen molar-refractivity contribution in [3.05, 3.63) is 66.2 Å². The zero-order valence-corrected chi connectivity index (χ0v) is 17.1. The van der Waals surface area contributed by atoms with E-state index >= 15 is 0 Å². The van der Waals surface area contributed by atoms with Crippen LogP contribution < -0.4 is 4.74 Å². The van der Waals surface area contributed by atoms with Crippen molar-refractivity contribution in [3.8, 4) is 5.75 Å². The molecule has 0 aliphatic rings. The lowest BCUT2D eigenvalue weighted by atomic mass is 9.80. The maximum Gasteiger partial charge on any atom is 0.324 e. The molecule has 0 aromatic heterocycles. The molecule has 0 saturated heterocycles. The van der Waals surface area contributed by atoms with Gasteiger partial charge in [-0.1, -0.05) is 48.5 Å². The summed E-state index contributed by atoms with van der Waals surface area (Å²) >= 11 is 0. The second kappa shape index (κ2) is 15.6. The van der Waals surface area contributed by atoms with Crippen molar-refractivity contribution in [2.45, 2.75) is 6.10 Å². The van der Waals surface area contributed by atoms with Crippen molar-refractivity contribution in [1.82, 2.24) is 0 Å². The largest absolute Gasteiger partial charge is 0.485 e. The van der Waals surface area contributed by atoms with E-state index < -0.39 is 28.7 Å². The summed E-state index contributed by atoms with van der Waals surface area (Å²) in [5, 5.41) is 29.1. The molecule has 0 spiro atoms. The third-order valence-corrected chi connectivity index (χ3v) is 3.60. The van der Waals surface area contributed by atoms with Crippen LogP contribution in [0.15, 0.2) is 60.7 Å². The van der Waals surface area contributed by atoms with Gasteiger partial charge in [0.15, 0.2) is 0 Å². The van der Waals surface area contributed by atoms with Crippen LogP contribution in [0.1, 0.15) is 11.7 Å². The monoisotopic (exact) mass is 452 g/mol. The number of para-hydroxylation sites is 1. The molecular weight excluding hydrogens is 426 g/mol. The number of aliphatic hydroxyl groups is 3. The van der Waals surface area contributed by atoms with Gasteiger partial charge in [0.2, 0.25) is 0 Å². The fourth-order valence-electron chi connectivity index (χ4n) is 2.21. The molecule has 29 heavy (non-hydrogen) atoms. The van der Waals surface area contributed by atoms with E-state index in [0.29, 0.717) is 5.75 Å². The molecule has 1 unspecified atom stereocenters. The molecule has 2 aromatic rings. The van der Waals surface area contributed by atoms with Crippen molar-refractivity contribution < 1.29 is 49.4 Å². The lowest BCUT2D eigenvalue weighted by molar-refractivity contribution is -0.0742. The summed E-state index contributed by atoms with van der Waals surface area (Å²) in [6.07, 6.45) is -0.652. The van der Waals surface area contributed by atoms with Gasteiger partial charge in [0.25, 0.3) is 0 Å². The molecule has 12 heteroatoms. The zero-order valence-electron chi connectivity index (χ0n) is 15.3. The molecule has 1 atom stereocenters. The molecule has 0 fully saturated rings. The smallest absolute Gasteiger partial charge is 0.324 e. The molecule has 0 heterocycles. The maximum atomic E-state index is 9.69. The third kappa shape index (κ3) is 11.5. The Labute approximate surface area is 170 Å². The Bertz CT molecular complexity index is 607. The SMILES string of the molecule is OCC(CO)(CO)C(Oc1ccccc1)c1ccccc1.OP(O)O.OP(O)O. The molecule has 10 nitrogen and oxygen atoms in total. The number of ether oxygens (including phenoxy) is 1. The van der Waals surface area contributed by atoms with Crippen LogP contribution in [0.4, 0.5) is 0 Å². The third-order valence-electron chi connectivity index (χ3n) is 3.60. The van der Waals surface area contributed by atoms with Gasteiger partial charge in [-0.2, -0.15) is 0 Å². The second-order valence-corrected chi connectivity index (χ2v) is 6.67. The molecule has 0 saturated carbocycles. The molecule has 0 aliphatic heterocycles. The highest BCUT2D eigenvalue weighted by Gasteiger charge is 2.40. The van der Waals surface area contributed by atoms with Crippen molar-refractivity contribution >= 4 is 17.2 Å². The average molecular weight is 452 g/mol. The Balaban J connectivity index is 0.000000837. The highest BCUT2D eigenvalue weighted by Crippen LogP contribution is 2.37. The predicted octanol–water partition coefficient (Wildman–Crippen LogP) is 0.150. The minimum absolute atomic E-state index is 0.383. The molecular formula is C17H26O10P2. The second-order valence-electron chi connectivity index (χ2n) is 5.59. The predicted molar refractivity (Wildman–Crippen MR) is 107 cm³/mol. The Hall–Kier alpha value is -1.26. The van der Waals surface area contributed by atoms with Gasteiger partial charge in [-0.3, -0.25) is 0 Å². The van der Waals surface area contributed by atoms with Crippen LogP contribution in [0.25, 0.3) is 0 Å². The highest BCUT2D eigenvalue weighted by atomic mass is 31.2. The van der Waals surface area contributed by atoms with Crippen LogP contribution in [0, 0.1) is 5.41 Å². The number of hydrogen-bond donors (Lipinski definition) is 9. The number of rotatable bonds is 7. The Morgan fingerprint density at radius 3 is 1.34 bits per heavy atom. The van der Waals surface area contributed by atoms with E-state index in [2.05, 4.69) is 0 Å². The molecule has 2 rings (SSSR count). The van der Waals surface area contributed by atoms with E-state index in [1.807, 2.05) is 48.5 Å². The van der Waals surface area contributed by atoms with Crippen LogP contribution in [0.3, 0.4) is 0 Å².